The van der Waals surface area contributed by atoms with E-state index in [2.05, 4.69) is 5.32 Å². The highest BCUT2D eigenvalue weighted by Gasteiger charge is 2.22. The number of carbonyl (C=O) groups excluding carboxylic acids is 2. The molecule has 116 valence electrons. The largest absolute Gasteiger partial charge is 0.469 e. The Balaban J connectivity index is 2.02. The second-order valence-electron chi connectivity index (χ2n) is 4.53. The number of carbonyl (C=O) groups is 2. The van der Waals surface area contributed by atoms with Crippen molar-refractivity contribution in [2.75, 3.05) is 5.32 Å². The fourth-order valence-electron chi connectivity index (χ4n) is 1.71. The van der Waals surface area contributed by atoms with Gasteiger partial charge in [0.15, 0.2) is 6.10 Å². The maximum Gasteiger partial charge on any atom is 0.342 e. The van der Waals surface area contributed by atoms with Crippen LogP contribution in [0.15, 0.2) is 34.9 Å². The molecular weight excluding hydrogens is 329 g/mol. The van der Waals surface area contributed by atoms with Crippen molar-refractivity contribution in [1.29, 1.82) is 0 Å². The summed E-state index contributed by atoms with van der Waals surface area (Å²) in [5.41, 5.74) is 0.627. The Kier molecular flexibility index (Phi) is 5.11. The fraction of sp³-hybridized carbons (Fsp3) is 0.200. The van der Waals surface area contributed by atoms with Gasteiger partial charge in [-0.05, 0) is 32.0 Å². The standard InChI is InChI=1S/C15H13Cl2NO4/c1-8-10(6-7-21-8)15(20)22-9(2)14(19)18-12-5-3-4-11(16)13(12)17/h3-7,9H,1-2H3,(H,18,19). The van der Waals surface area contributed by atoms with Crippen LogP contribution in [0, 0.1) is 6.92 Å². The van der Waals surface area contributed by atoms with Crippen LogP contribution >= 0.6 is 23.2 Å². The van der Waals surface area contributed by atoms with Crippen LogP contribution in [0.3, 0.4) is 0 Å². The van der Waals surface area contributed by atoms with E-state index >= 15 is 0 Å². The molecule has 1 heterocycles. The Morgan fingerprint density at radius 3 is 2.64 bits per heavy atom. The van der Waals surface area contributed by atoms with Crippen molar-refractivity contribution in [1.82, 2.24) is 0 Å². The number of rotatable bonds is 4. The third-order valence-electron chi connectivity index (χ3n) is 2.94. The van der Waals surface area contributed by atoms with Crippen LogP contribution in [-0.2, 0) is 9.53 Å². The van der Waals surface area contributed by atoms with Gasteiger partial charge in [-0.3, -0.25) is 4.79 Å². The Labute approximate surface area is 137 Å². The molecule has 2 rings (SSSR count). The summed E-state index contributed by atoms with van der Waals surface area (Å²) >= 11 is 11.9. The SMILES string of the molecule is Cc1occc1C(=O)OC(C)C(=O)Nc1cccc(Cl)c1Cl. The van der Waals surface area contributed by atoms with Crippen LogP contribution in [0.1, 0.15) is 23.0 Å². The van der Waals surface area contributed by atoms with Gasteiger partial charge in [0, 0.05) is 0 Å². The summed E-state index contributed by atoms with van der Waals surface area (Å²) in [4.78, 5) is 24.0. The minimum Gasteiger partial charge on any atom is -0.469 e. The van der Waals surface area contributed by atoms with Crippen LogP contribution in [0.2, 0.25) is 10.0 Å². The minimum atomic E-state index is -1.00. The van der Waals surface area contributed by atoms with E-state index in [0.717, 1.165) is 0 Å². The van der Waals surface area contributed by atoms with Crippen molar-refractivity contribution in [2.45, 2.75) is 20.0 Å². The molecule has 0 aliphatic rings. The molecule has 22 heavy (non-hydrogen) atoms. The van der Waals surface area contributed by atoms with E-state index in [-0.39, 0.29) is 10.6 Å². The molecule has 0 fully saturated rings. The average Bonchev–Trinajstić information content (AvgIpc) is 2.90. The predicted octanol–water partition coefficient (Wildman–Crippen LogP) is 4.08. The van der Waals surface area contributed by atoms with Crippen molar-refractivity contribution in [3.05, 3.63) is 51.9 Å². The Morgan fingerprint density at radius 2 is 2.00 bits per heavy atom. The van der Waals surface area contributed by atoms with Crippen LogP contribution in [0.25, 0.3) is 0 Å². The molecule has 0 aliphatic carbocycles. The first kappa shape index (κ1) is 16.4. The molecule has 0 saturated heterocycles. The van der Waals surface area contributed by atoms with E-state index in [1.165, 1.54) is 19.3 Å². The van der Waals surface area contributed by atoms with Crippen LogP contribution < -0.4 is 5.32 Å². The lowest BCUT2D eigenvalue weighted by Crippen LogP contribution is -2.30. The highest BCUT2D eigenvalue weighted by molar-refractivity contribution is 6.44. The molecule has 1 aromatic carbocycles. The smallest absolute Gasteiger partial charge is 0.342 e. The summed E-state index contributed by atoms with van der Waals surface area (Å²) in [5.74, 6) is -0.722. The Bertz CT molecular complexity index is 711. The molecule has 1 N–H and O–H groups in total. The van der Waals surface area contributed by atoms with E-state index in [9.17, 15) is 9.59 Å². The van der Waals surface area contributed by atoms with E-state index < -0.39 is 18.0 Å². The monoisotopic (exact) mass is 341 g/mol. The Hall–Kier alpha value is -1.98. The van der Waals surface area contributed by atoms with E-state index in [4.69, 9.17) is 32.4 Å². The van der Waals surface area contributed by atoms with Gasteiger partial charge in [-0.15, -0.1) is 0 Å². The van der Waals surface area contributed by atoms with Crippen molar-refractivity contribution in [3.63, 3.8) is 0 Å². The number of ether oxygens (including phenoxy) is 1. The molecule has 0 radical (unpaired) electrons. The molecule has 1 atom stereocenters. The number of amides is 1. The molecule has 1 unspecified atom stereocenters. The summed E-state index contributed by atoms with van der Waals surface area (Å²) in [7, 11) is 0. The van der Waals surface area contributed by atoms with Gasteiger partial charge in [-0.2, -0.15) is 0 Å². The molecule has 1 amide bonds. The molecule has 7 heteroatoms. The second-order valence-corrected chi connectivity index (χ2v) is 5.31. The molecule has 5 nitrogen and oxygen atoms in total. The molecule has 0 bridgehead atoms. The molecule has 1 aromatic heterocycles. The quantitative estimate of drug-likeness (QED) is 0.850. The predicted molar refractivity (Wildman–Crippen MR) is 83.4 cm³/mol. The van der Waals surface area contributed by atoms with E-state index in [0.29, 0.717) is 16.5 Å². The lowest BCUT2D eigenvalue weighted by molar-refractivity contribution is -0.123. The molecule has 0 aliphatic heterocycles. The third-order valence-corrected chi connectivity index (χ3v) is 3.76. The van der Waals surface area contributed by atoms with E-state index in [1.54, 1.807) is 25.1 Å². The van der Waals surface area contributed by atoms with Crippen LogP contribution in [0.4, 0.5) is 5.69 Å². The van der Waals surface area contributed by atoms with Gasteiger partial charge in [-0.1, -0.05) is 29.3 Å². The van der Waals surface area contributed by atoms with Gasteiger partial charge in [0.1, 0.15) is 11.3 Å². The van der Waals surface area contributed by atoms with Gasteiger partial charge in [-0.25, -0.2) is 4.79 Å². The number of hydrogen-bond donors (Lipinski definition) is 1. The number of anilines is 1. The van der Waals surface area contributed by atoms with Crippen molar-refractivity contribution in [2.24, 2.45) is 0 Å². The van der Waals surface area contributed by atoms with Gasteiger partial charge < -0.3 is 14.5 Å². The topological polar surface area (TPSA) is 68.5 Å². The summed E-state index contributed by atoms with van der Waals surface area (Å²) < 4.78 is 10.1. The number of nitrogens with one attached hydrogen (secondary N) is 1. The Morgan fingerprint density at radius 1 is 1.27 bits per heavy atom. The first-order valence-electron chi connectivity index (χ1n) is 6.40. The summed E-state index contributed by atoms with van der Waals surface area (Å²) in [6.07, 6.45) is 0.374. The number of benzene rings is 1. The first-order valence-corrected chi connectivity index (χ1v) is 7.15. The maximum absolute atomic E-state index is 12.1. The molecule has 0 spiro atoms. The minimum absolute atomic E-state index is 0.224. The van der Waals surface area contributed by atoms with Crippen molar-refractivity contribution < 1.29 is 18.7 Å². The number of hydrogen-bond acceptors (Lipinski definition) is 4. The van der Waals surface area contributed by atoms with Crippen LogP contribution in [-0.4, -0.2) is 18.0 Å². The second kappa shape index (κ2) is 6.85. The number of esters is 1. The van der Waals surface area contributed by atoms with E-state index in [1.807, 2.05) is 0 Å². The highest BCUT2D eigenvalue weighted by atomic mass is 35.5. The fourth-order valence-corrected chi connectivity index (χ4v) is 2.06. The third kappa shape index (κ3) is 3.61. The normalized spacial score (nSPS) is 11.8. The maximum atomic E-state index is 12.1. The molecule has 2 aromatic rings. The summed E-state index contributed by atoms with van der Waals surface area (Å²) in [6.45, 7) is 3.09. The zero-order chi connectivity index (χ0) is 16.3. The lowest BCUT2D eigenvalue weighted by Gasteiger charge is -2.14. The van der Waals surface area contributed by atoms with Gasteiger partial charge >= 0.3 is 5.97 Å². The zero-order valence-corrected chi connectivity index (χ0v) is 13.4. The number of halogens is 2. The van der Waals surface area contributed by atoms with Gasteiger partial charge in [0.25, 0.3) is 5.91 Å². The van der Waals surface area contributed by atoms with Crippen LogP contribution in [0.5, 0.6) is 0 Å². The summed E-state index contributed by atoms with van der Waals surface area (Å²) in [5, 5.41) is 3.10. The highest BCUT2D eigenvalue weighted by Crippen LogP contribution is 2.29. The van der Waals surface area contributed by atoms with Gasteiger partial charge in [0.05, 0.1) is 22.0 Å². The zero-order valence-electron chi connectivity index (χ0n) is 11.9. The van der Waals surface area contributed by atoms with Crippen molar-refractivity contribution in [3.8, 4) is 0 Å². The summed E-state index contributed by atoms with van der Waals surface area (Å²) in [6, 6.07) is 6.33. The first-order chi connectivity index (χ1) is 10.4. The molecule has 0 saturated carbocycles. The lowest BCUT2D eigenvalue weighted by atomic mass is 10.2. The average molecular weight is 342 g/mol. The van der Waals surface area contributed by atoms with Crippen molar-refractivity contribution >= 4 is 40.8 Å². The number of furan rings is 1. The van der Waals surface area contributed by atoms with Gasteiger partial charge in [0.2, 0.25) is 0 Å². The molecular formula is C15H13Cl2NO4. The number of aryl methyl sites for hydroxylation is 1.